The number of allylic oxidation sites excluding steroid dienone is 1. The molecule has 0 bridgehead atoms. The molecule has 3 rings (SSSR count). The van der Waals surface area contributed by atoms with Crippen LogP contribution in [-0.4, -0.2) is 43.0 Å². The smallest absolute Gasteiger partial charge is 0.270 e. The Labute approximate surface area is 273 Å². The van der Waals surface area contributed by atoms with Gasteiger partial charge in [-0.15, -0.1) is 10.2 Å². The predicted octanol–water partition coefficient (Wildman–Crippen LogP) is 9.61. The number of methoxy groups -OCH3 is 1. The molecule has 11 nitrogen and oxygen atoms in total. The van der Waals surface area contributed by atoms with Gasteiger partial charge in [0.15, 0.2) is 8.38 Å². The van der Waals surface area contributed by atoms with Crippen LogP contribution in [0.4, 0.5) is 22.7 Å². The number of hydrogen-bond donors (Lipinski definition) is 0. The van der Waals surface area contributed by atoms with Gasteiger partial charge >= 0.3 is 0 Å². The lowest BCUT2D eigenvalue weighted by atomic mass is 9.88. The van der Waals surface area contributed by atoms with Crippen LogP contribution in [0.15, 0.2) is 46.6 Å². The summed E-state index contributed by atoms with van der Waals surface area (Å²) in [6, 6.07) is 11.9. The predicted molar refractivity (Wildman–Crippen MR) is 182 cm³/mol. The van der Waals surface area contributed by atoms with Crippen molar-refractivity contribution in [1.82, 2.24) is 0 Å². The largest absolute Gasteiger partial charge is 0.494 e. The number of non-ortho nitro benzene ring substituents is 1. The highest BCUT2D eigenvalue weighted by atomic mass is 31.2. The van der Waals surface area contributed by atoms with Gasteiger partial charge in [0.25, 0.3) is 5.69 Å². The molecule has 0 saturated heterocycles. The van der Waals surface area contributed by atoms with E-state index < -0.39 is 13.3 Å². The molecule has 46 heavy (non-hydrogen) atoms. The van der Waals surface area contributed by atoms with Crippen LogP contribution in [0.1, 0.15) is 78.9 Å². The highest BCUT2D eigenvalue weighted by Gasteiger charge is 2.33. The Bertz CT molecular complexity index is 1520. The molecule has 0 fully saturated rings. The maximum Gasteiger partial charge on any atom is 0.270 e. The van der Waals surface area contributed by atoms with Gasteiger partial charge in [-0.1, -0.05) is 33.8 Å². The first-order chi connectivity index (χ1) is 21.8. The first kappa shape index (κ1) is 36.6. The summed E-state index contributed by atoms with van der Waals surface area (Å²) >= 11 is 0. The number of nitro benzene ring substituents is 1. The van der Waals surface area contributed by atoms with Crippen molar-refractivity contribution in [2.45, 2.75) is 78.9 Å². The maximum atomic E-state index is 11.1. The van der Waals surface area contributed by atoms with E-state index in [0.717, 1.165) is 36.2 Å². The zero-order chi connectivity index (χ0) is 34.0. The molecular formula is C34H45N6O5P. The third-order valence-corrected chi connectivity index (χ3v) is 10.4. The SMILES string of the molecule is COc1cc2c(cc1N=Nc1ccc([N+](=O)[O-])cc1C#N)C(C)=CC(C)(C)N2CCCCOP(OCCC#N)C(C(C)C)C(C)C. The molecule has 0 radical (unpaired) electrons. The fourth-order valence-corrected chi connectivity index (χ4v) is 7.81. The summed E-state index contributed by atoms with van der Waals surface area (Å²) in [5.74, 6) is 1.35. The average molecular weight is 649 g/mol. The van der Waals surface area contributed by atoms with Crippen LogP contribution >= 0.6 is 8.38 Å². The molecule has 246 valence electrons. The van der Waals surface area contributed by atoms with E-state index in [4.69, 9.17) is 19.0 Å². The molecule has 0 saturated carbocycles. The monoisotopic (exact) mass is 648 g/mol. The fraction of sp³-hybridized carbons (Fsp3) is 0.529. The van der Waals surface area contributed by atoms with Crippen molar-refractivity contribution in [2.24, 2.45) is 22.1 Å². The summed E-state index contributed by atoms with van der Waals surface area (Å²) in [7, 11) is 0.464. The van der Waals surface area contributed by atoms with Crippen molar-refractivity contribution in [3.63, 3.8) is 0 Å². The molecule has 1 atom stereocenters. The molecule has 12 heteroatoms. The Balaban J connectivity index is 1.79. The lowest BCUT2D eigenvalue weighted by Gasteiger charge is -2.43. The number of hydrogen-bond acceptors (Lipinski definition) is 10. The second kappa shape index (κ2) is 16.6. The van der Waals surface area contributed by atoms with Gasteiger partial charge in [0, 0.05) is 41.7 Å². The van der Waals surface area contributed by atoms with Crippen LogP contribution in [0.5, 0.6) is 5.75 Å². The van der Waals surface area contributed by atoms with E-state index in [-0.39, 0.29) is 22.5 Å². The van der Waals surface area contributed by atoms with E-state index in [1.54, 1.807) is 7.11 Å². The van der Waals surface area contributed by atoms with E-state index in [0.29, 0.717) is 48.6 Å². The summed E-state index contributed by atoms with van der Waals surface area (Å²) in [4.78, 5) is 12.9. The Kier molecular flexibility index (Phi) is 13.2. The van der Waals surface area contributed by atoms with E-state index in [2.05, 4.69) is 75.7 Å². The van der Waals surface area contributed by atoms with E-state index >= 15 is 0 Å². The number of benzene rings is 2. The van der Waals surface area contributed by atoms with Gasteiger partial charge < -0.3 is 18.7 Å². The minimum Gasteiger partial charge on any atom is -0.494 e. The van der Waals surface area contributed by atoms with Crippen molar-refractivity contribution < 1.29 is 18.7 Å². The van der Waals surface area contributed by atoms with Crippen LogP contribution in [-0.2, 0) is 9.05 Å². The lowest BCUT2D eigenvalue weighted by molar-refractivity contribution is -0.384. The van der Waals surface area contributed by atoms with Crippen molar-refractivity contribution in [2.75, 3.05) is 31.8 Å². The number of unbranched alkanes of at least 4 members (excludes halogenated alkanes) is 1. The summed E-state index contributed by atoms with van der Waals surface area (Å²) in [5.41, 5.74) is 3.76. The molecule has 0 aliphatic carbocycles. The topological polar surface area (TPSA) is 146 Å². The molecular weight excluding hydrogens is 603 g/mol. The van der Waals surface area contributed by atoms with Crippen LogP contribution in [0.25, 0.3) is 5.57 Å². The van der Waals surface area contributed by atoms with Crippen LogP contribution in [0, 0.1) is 44.6 Å². The second-order valence-electron chi connectivity index (χ2n) is 12.5. The highest BCUT2D eigenvalue weighted by Crippen LogP contribution is 2.50. The first-order valence-corrected chi connectivity index (χ1v) is 16.8. The molecule has 1 unspecified atom stereocenters. The highest BCUT2D eigenvalue weighted by molar-refractivity contribution is 7.48. The quantitative estimate of drug-likeness (QED) is 0.0575. The van der Waals surface area contributed by atoms with Gasteiger partial charge in [0.2, 0.25) is 0 Å². The van der Waals surface area contributed by atoms with Crippen LogP contribution in [0.2, 0.25) is 0 Å². The van der Waals surface area contributed by atoms with Crippen molar-refractivity contribution >= 4 is 36.7 Å². The number of azo groups is 1. The second-order valence-corrected chi connectivity index (χ2v) is 14.2. The normalized spacial score (nSPS) is 14.7. The average Bonchev–Trinajstić information content (AvgIpc) is 2.99. The van der Waals surface area contributed by atoms with Gasteiger partial charge in [-0.05, 0) is 63.2 Å². The summed E-state index contributed by atoms with van der Waals surface area (Å²) in [6.07, 6.45) is 4.34. The zero-order valence-corrected chi connectivity index (χ0v) is 29.0. The number of nitro groups is 1. The third kappa shape index (κ3) is 9.10. The molecule has 0 spiro atoms. The molecule has 1 aliphatic rings. The summed E-state index contributed by atoms with van der Waals surface area (Å²) in [6.45, 7) is 17.0. The number of nitriles is 2. The fourth-order valence-electron chi connectivity index (χ4n) is 5.84. The summed E-state index contributed by atoms with van der Waals surface area (Å²) in [5, 5.41) is 38.2. The van der Waals surface area contributed by atoms with E-state index in [1.165, 1.54) is 18.2 Å². The lowest BCUT2D eigenvalue weighted by Crippen LogP contribution is -2.45. The molecule has 2 aromatic carbocycles. The van der Waals surface area contributed by atoms with Crippen molar-refractivity contribution in [1.29, 1.82) is 10.5 Å². The van der Waals surface area contributed by atoms with Crippen LogP contribution in [0.3, 0.4) is 0 Å². The first-order valence-electron chi connectivity index (χ1n) is 15.6. The minimum atomic E-state index is -1.11. The molecule has 1 aliphatic heterocycles. The van der Waals surface area contributed by atoms with Gasteiger partial charge in [-0.25, -0.2) is 0 Å². The zero-order valence-electron chi connectivity index (χ0n) is 28.1. The number of ether oxygens (including phenoxy) is 1. The van der Waals surface area contributed by atoms with E-state index in [9.17, 15) is 15.4 Å². The molecule has 1 heterocycles. The molecule has 0 aromatic heterocycles. The number of rotatable bonds is 16. The van der Waals surface area contributed by atoms with Gasteiger partial charge in [-0.2, -0.15) is 10.5 Å². The summed E-state index contributed by atoms with van der Waals surface area (Å²) < 4.78 is 18.2. The number of anilines is 1. The van der Waals surface area contributed by atoms with Gasteiger partial charge in [0.05, 0.1) is 48.8 Å². The standard InChI is InChI=1S/C34H45N6O5P/c1-23(2)33(24(3)4)46(45-17-11-14-35)44-16-10-9-15-39-31-20-32(43-8)30(19-28(31)25(5)21-34(39,6)7)38-37-29-13-12-27(40(41)42)18-26(29)22-36/h12-13,18-21,23-24,33H,9-11,15-17H2,1-8H3. The number of fused-ring (bicyclic) bond motifs is 1. The van der Waals surface area contributed by atoms with Crippen molar-refractivity contribution in [3.8, 4) is 17.9 Å². The number of nitrogens with zero attached hydrogens (tertiary/aromatic N) is 6. The van der Waals surface area contributed by atoms with Gasteiger partial charge in [0.1, 0.15) is 23.2 Å². The molecule has 2 aromatic rings. The third-order valence-electron chi connectivity index (χ3n) is 7.89. The minimum absolute atomic E-state index is 0.0630. The Morgan fingerprint density at radius 2 is 1.70 bits per heavy atom. The van der Waals surface area contributed by atoms with Gasteiger partial charge in [-0.3, -0.25) is 10.1 Å². The van der Waals surface area contributed by atoms with Crippen molar-refractivity contribution in [3.05, 3.63) is 57.6 Å². The van der Waals surface area contributed by atoms with Crippen LogP contribution < -0.4 is 9.64 Å². The van der Waals surface area contributed by atoms with E-state index in [1.807, 2.05) is 18.2 Å². The Hall–Kier alpha value is -3.89. The Morgan fingerprint density at radius 1 is 1.02 bits per heavy atom. The molecule has 0 N–H and O–H groups in total. The Morgan fingerprint density at radius 3 is 2.30 bits per heavy atom. The maximum absolute atomic E-state index is 11.1. The molecule has 0 amide bonds.